The maximum absolute atomic E-state index is 13.5. The first-order valence-corrected chi connectivity index (χ1v) is 34.8. The average molecular weight is 1110 g/mol. The molecule has 2 N–H and O–H groups in total. The number of allylic oxidation sites excluding steroid dienone is 5. The lowest BCUT2D eigenvalue weighted by Crippen LogP contribution is -2.47. The zero-order valence-corrected chi connectivity index (χ0v) is 52.9. The van der Waals surface area contributed by atoms with Gasteiger partial charge in [-0.1, -0.05) is 289 Å². The van der Waals surface area contributed by atoms with Gasteiger partial charge < -0.3 is 19.4 Å². The number of hydrogen-bond donors (Lipinski definition) is 2. The summed E-state index contributed by atoms with van der Waals surface area (Å²) in [6, 6.07) is -0.849. The van der Waals surface area contributed by atoms with Crippen molar-refractivity contribution in [3.8, 4) is 0 Å². The van der Waals surface area contributed by atoms with Gasteiger partial charge in [0.25, 0.3) is 0 Å². The molecule has 0 heterocycles. The van der Waals surface area contributed by atoms with Crippen molar-refractivity contribution in [3.05, 3.63) is 36.5 Å². The molecule has 9 nitrogen and oxygen atoms in total. The van der Waals surface area contributed by atoms with Crippen molar-refractivity contribution in [3.63, 3.8) is 0 Å². The SMILES string of the molecule is CCCCC/C=C\C/C=C\CCCCCCCCCC(=O)NC(COP(=O)(O)OCC[N+](C)(C)C)C(/C=C\CCCCCCCCCCC)OC(=O)CCCCCCCCCCCCCCCCCCCCCCCCC. The van der Waals surface area contributed by atoms with Gasteiger partial charge in [0.1, 0.15) is 19.3 Å². The number of phosphoric ester groups is 1. The van der Waals surface area contributed by atoms with Gasteiger partial charge in [0.05, 0.1) is 33.8 Å². The smallest absolute Gasteiger partial charge is 0.456 e. The molecule has 0 radical (unpaired) electrons. The Kier molecular flexibility index (Phi) is 56.1. The van der Waals surface area contributed by atoms with Gasteiger partial charge in [0.15, 0.2) is 0 Å². The maximum atomic E-state index is 13.5. The lowest BCUT2D eigenvalue weighted by atomic mass is 10.0. The molecule has 0 rings (SSSR count). The van der Waals surface area contributed by atoms with Gasteiger partial charge in [-0.05, 0) is 63.9 Å². The van der Waals surface area contributed by atoms with Gasteiger partial charge in [-0.3, -0.25) is 18.6 Å². The summed E-state index contributed by atoms with van der Waals surface area (Å²) in [7, 11) is 1.50. The molecule has 454 valence electrons. The van der Waals surface area contributed by atoms with Crippen LogP contribution in [-0.2, 0) is 27.9 Å². The number of ether oxygens (including phenoxy) is 1. The van der Waals surface area contributed by atoms with Crippen molar-refractivity contribution in [2.75, 3.05) is 40.9 Å². The molecule has 1 amide bonds. The van der Waals surface area contributed by atoms with E-state index in [4.69, 9.17) is 13.8 Å². The van der Waals surface area contributed by atoms with Gasteiger partial charge in [0, 0.05) is 12.8 Å². The molecule has 0 aromatic carbocycles. The third-order valence-electron chi connectivity index (χ3n) is 15.1. The number of carbonyl (C=O) groups is 2. The molecule has 0 aliphatic heterocycles. The number of nitrogens with zero attached hydrogens (tertiary/aromatic N) is 1. The van der Waals surface area contributed by atoms with Crippen LogP contribution >= 0.6 is 7.82 Å². The van der Waals surface area contributed by atoms with Crippen LogP contribution in [0.1, 0.15) is 329 Å². The monoisotopic (exact) mass is 1110 g/mol. The van der Waals surface area contributed by atoms with E-state index in [9.17, 15) is 19.0 Å². The second kappa shape index (κ2) is 57.5. The Morgan fingerprint density at radius 3 is 1.19 bits per heavy atom. The largest absolute Gasteiger partial charge is 0.472 e. The van der Waals surface area contributed by atoms with E-state index < -0.39 is 20.0 Å². The quantitative estimate of drug-likeness (QED) is 0.0205. The summed E-state index contributed by atoms with van der Waals surface area (Å²) in [5.74, 6) is -0.499. The van der Waals surface area contributed by atoms with E-state index in [1.165, 1.54) is 218 Å². The molecule has 3 unspecified atom stereocenters. The van der Waals surface area contributed by atoms with Crippen LogP contribution in [0.25, 0.3) is 0 Å². The first-order chi connectivity index (χ1) is 37.4. The number of hydrogen-bond acceptors (Lipinski definition) is 6. The van der Waals surface area contributed by atoms with Crippen molar-refractivity contribution >= 4 is 19.7 Å². The molecule has 3 atom stereocenters. The number of amides is 1. The second-order valence-corrected chi connectivity index (χ2v) is 25.5. The summed E-state index contributed by atoms with van der Waals surface area (Å²) in [5.41, 5.74) is 0. The van der Waals surface area contributed by atoms with Crippen molar-refractivity contribution in [2.24, 2.45) is 0 Å². The van der Waals surface area contributed by atoms with E-state index in [0.717, 1.165) is 77.0 Å². The predicted octanol–water partition coefficient (Wildman–Crippen LogP) is 20.7. The van der Waals surface area contributed by atoms with E-state index in [-0.39, 0.29) is 25.1 Å². The van der Waals surface area contributed by atoms with Crippen molar-refractivity contribution in [2.45, 2.75) is 341 Å². The highest BCUT2D eigenvalue weighted by atomic mass is 31.2. The Morgan fingerprint density at radius 1 is 0.455 bits per heavy atom. The van der Waals surface area contributed by atoms with E-state index >= 15 is 0 Å². The van der Waals surface area contributed by atoms with E-state index in [2.05, 4.69) is 50.4 Å². The number of nitrogens with one attached hydrogen (secondary N) is 1. The number of phosphoric acid groups is 1. The molecule has 77 heavy (non-hydrogen) atoms. The molecular weight excluding hydrogens is 976 g/mol. The van der Waals surface area contributed by atoms with E-state index in [1.807, 2.05) is 33.3 Å². The minimum absolute atomic E-state index is 0.0408. The van der Waals surface area contributed by atoms with Crippen LogP contribution in [0.15, 0.2) is 36.5 Å². The van der Waals surface area contributed by atoms with Crippen LogP contribution in [0.5, 0.6) is 0 Å². The Labute approximate surface area is 478 Å². The van der Waals surface area contributed by atoms with Gasteiger partial charge in [-0.15, -0.1) is 0 Å². The summed E-state index contributed by atoms with van der Waals surface area (Å²) in [4.78, 5) is 37.8. The number of rotatable bonds is 61. The molecule has 10 heteroatoms. The minimum atomic E-state index is -4.45. The fourth-order valence-corrected chi connectivity index (χ4v) is 10.7. The fraction of sp³-hybridized carbons (Fsp3) is 0.881. The lowest BCUT2D eigenvalue weighted by molar-refractivity contribution is -0.870. The number of esters is 1. The first kappa shape index (κ1) is 75.2. The van der Waals surface area contributed by atoms with Crippen molar-refractivity contribution < 1.29 is 37.3 Å². The average Bonchev–Trinajstić information content (AvgIpc) is 3.39. The van der Waals surface area contributed by atoms with Crippen LogP contribution in [0.3, 0.4) is 0 Å². The lowest BCUT2D eigenvalue weighted by Gasteiger charge is -2.27. The molecular formula is C67H130N2O7P+. The normalized spacial score (nSPS) is 13.8. The molecule has 0 spiro atoms. The molecule has 0 aliphatic carbocycles. The van der Waals surface area contributed by atoms with Gasteiger partial charge in [-0.2, -0.15) is 0 Å². The van der Waals surface area contributed by atoms with Crippen LogP contribution in [0.2, 0.25) is 0 Å². The minimum Gasteiger partial charge on any atom is -0.456 e. The Bertz CT molecular complexity index is 1410. The molecule has 0 saturated carbocycles. The van der Waals surface area contributed by atoms with Crippen molar-refractivity contribution in [1.82, 2.24) is 5.32 Å². The summed E-state index contributed by atoms with van der Waals surface area (Å²) in [5, 5.41) is 3.06. The molecule has 0 aromatic rings. The van der Waals surface area contributed by atoms with Gasteiger partial charge in [-0.25, -0.2) is 4.57 Å². The van der Waals surface area contributed by atoms with Crippen LogP contribution in [0.4, 0.5) is 0 Å². The molecule has 0 bridgehead atoms. The van der Waals surface area contributed by atoms with Crippen molar-refractivity contribution in [1.29, 1.82) is 0 Å². The molecule has 0 aliphatic rings. The number of likely N-dealkylation sites (N-methyl/N-ethyl adjacent to an activating group) is 1. The summed E-state index contributed by atoms with van der Waals surface area (Å²) < 4.78 is 30.7. The zero-order chi connectivity index (χ0) is 56.4. The van der Waals surface area contributed by atoms with E-state index in [0.29, 0.717) is 23.9 Å². The molecule has 0 saturated heterocycles. The fourth-order valence-electron chi connectivity index (χ4n) is 9.91. The zero-order valence-electron chi connectivity index (χ0n) is 52.0. The molecule has 0 fully saturated rings. The first-order valence-electron chi connectivity index (χ1n) is 33.3. The van der Waals surface area contributed by atoms with Gasteiger partial charge >= 0.3 is 13.8 Å². The maximum Gasteiger partial charge on any atom is 0.472 e. The molecule has 0 aromatic heterocycles. The predicted molar refractivity (Wildman–Crippen MR) is 332 cm³/mol. The van der Waals surface area contributed by atoms with Gasteiger partial charge in [0.2, 0.25) is 5.91 Å². The van der Waals surface area contributed by atoms with Crippen LogP contribution in [-0.4, -0.2) is 74.3 Å². The number of unbranched alkanes of at least 4 members (excludes halogenated alkanes) is 41. The second-order valence-electron chi connectivity index (χ2n) is 24.0. The third kappa shape index (κ3) is 58.7. The van der Waals surface area contributed by atoms with Crippen LogP contribution in [0, 0.1) is 0 Å². The Hall–Kier alpha value is -1.77. The highest BCUT2D eigenvalue weighted by Crippen LogP contribution is 2.43. The Balaban J connectivity index is 5.07. The Morgan fingerprint density at radius 2 is 0.792 bits per heavy atom. The van der Waals surface area contributed by atoms with Crippen LogP contribution < -0.4 is 5.32 Å². The number of carbonyl (C=O) groups excluding carboxylic acids is 2. The highest BCUT2D eigenvalue weighted by Gasteiger charge is 2.30. The highest BCUT2D eigenvalue weighted by molar-refractivity contribution is 7.47. The standard InChI is InChI=1S/C67H129N2O7P/c1-7-10-13-16-19-22-25-27-29-31-32-33-34-35-36-38-40-42-45-48-51-54-57-60-67(71)76-65(58-55-52-49-46-43-24-21-18-15-12-9-3)64(63-75-77(72,73)74-62-61-69(4,5)6)68-66(70)59-56-53-50-47-44-41-39-37-30-28-26-23-20-17-14-11-8-2/h20,23,28,30,55,58,64-65H,7-19,21-22,24-27,29,31-54,56-57,59-63H2,1-6H3,(H-,68,70,72,73)/p+1/b23-20-,30-28-,58-55-. The third-order valence-corrected chi connectivity index (χ3v) is 16.1. The number of quaternary nitrogens is 1. The summed E-state index contributed by atoms with van der Waals surface area (Å²) in [6.45, 7) is 7.02. The summed E-state index contributed by atoms with van der Waals surface area (Å²) >= 11 is 0. The topological polar surface area (TPSA) is 111 Å². The summed E-state index contributed by atoms with van der Waals surface area (Å²) in [6.07, 6.45) is 70.1. The van der Waals surface area contributed by atoms with E-state index in [1.54, 1.807) is 0 Å².